The molecule has 0 aromatic rings. The van der Waals surface area contributed by atoms with Gasteiger partial charge in [0.05, 0.1) is 0 Å². The molecule has 0 bridgehead atoms. The number of Topliss-reactive ketones (excluding diaryl/α,β-unsaturated/α-hetero) is 1. The third-order valence-electron chi connectivity index (χ3n) is 2.05. The molecule has 0 heterocycles. The molecule has 0 aromatic heterocycles. The van der Waals surface area contributed by atoms with Gasteiger partial charge < -0.3 is 5.32 Å². The summed E-state index contributed by atoms with van der Waals surface area (Å²) >= 11 is 0. The Morgan fingerprint density at radius 3 is 2.47 bits per heavy atom. The molecule has 0 saturated carbocycles. The summed E-state index contributed by atoms with van der Waals surface area (Å²) in [7, 11) is 0. The summed E-state index contributed by atoms with van der Waals surface area (Å²) in [4.78, 5) is 11.4. The number of carbonyl (C=O) groups excluding carboxylic acids is 1. The van der Waals surface area contributed by atoms with Crippen LogP contribution in [0.25, 0.3) is 0 Å². The van der Waals surface area contributed by atoms with Crippen LogP contribution in [0.3, 0.4) is 0 Å². The summed E-state index contributed by atoms with van der Waals surface area (Å²) in [6, 6.07) is 0. The van der Waals surface area contributed by atoms with E-state index in [4.69, 9.17) is 0 Å². The molecule has 0 radical (unpaired) electrons. The van der Waals surface area contributed by atoms with E-state index in [2.05, 4.69) is 18.8 Å². The Hall–Kier alpha value is -1.15. The zero-order chi connectivity index (χ0) is 11.7. The molecule has 0 aliphatic rings. The fraction of sp³-hybridized carbons (Fsp3) is 0.462. The van der Waals surface area contributed by atoms with Crippen LogP contribution in [0.2, 0.25) is 0 Å². The van der Waals surface area contributed by atoms with Gasteiger partial charge in [0.25, 0.3) is 0 Å². The van der Waals surface area contributed by atoms with Crippen molar-refractivity contribution in [1.82, 2.24) is 5.32 Å². The molecule has 15 heavy (non-hydrogen) atoms. The van der Waals surface area contributed by atoms with Gasteiger partial charge in [-0.25, -0.2) is 0 Å². The van der Waals surface area contributed by atoms with Crippen molar-refractivity contribution in [3.05, 3.63) is 36.0 Å². The molecule has 84 valence electrons. The Morgan fingerprint density at radius 1 is 1.33 bits per heavy atom. The zero-order valence-electron chi connectivity index (χ0n) is 9.97. The molecule has 2 heteroatoms. The number of rotatable bonds is 7. The maximum atomic E-state index is 11.4. The first-order chi connectivity index (χ1) is 7.15. The lowest BCUT2D eigenvalue weighted by Crippen LogP contribution is -2.14. The summed E-state index contributed by atoms with van der Waals surface area (Å²) in [5.74, 6) is 0.171. The van der Waals surface area contributed by atoms with Gasteiger partial charge in [0.15, 0.2) is 5.78 Å². The molecule has 0 unspecified atom stereocenters. The van der Waals surface area contributed by atoms with E-state index in [1.807, 2.05) is 32.1 Å². The quantitative estimate of drug-likeness (QED) is 0.513. The van der Waals surface area contributed by atoms with Crippen molar-refractivity contribution in [2.45, 2.75) is 27.2 Å². The van der Waals surface area contributed by atoms with Crippen molar-refractivity contribution in [2.24, 2.45) is 0 Å². The molecule has 0 aliphatic carbocycles. The molecule has 1 N–H and O–H groups in total. The molecule has 0 atom stereocenters. The number of likely N-dealkylation sites (N-methyl/N-ethyl adjacent to an activating group) is 1. The largest absolute Gasteiger partial charge is 0.313 e. The van der Waals surface area contributed by atoms with Crippen LogP contribution in [0.15, 0.2) is 36.0 Å². The zero-order valence-corrected chi connectivity index (χ0v) is 9.97. The van der Waals surface area contributed by atoms with Crippen molar-refractivity contribution in [2.75, 3.05) is 13.1 Å². The van der Waals surface area contributed by atoms with Crippen molar-refractivity contribution in [3.63, 3.8) is 0 Å². The molecular weight excluding hydrogens is 186 g/mol. The first-order valence-electron chi connectivity index (χ1n) is 5.41. The Kier molecular flexibility index (Phi) is 7.56. The summed E-state index contributed by atoms with van der Waals surface area (Å²) in [6.45, 7) is 11.4. The highest BCUT2D eigenvalue weighted by atomic mass is 16.1. The van der Waals surface area contributed by atoms with Crippen molar-refractivity contribution in [1.29, 1.82) is 0 Å². The van der Waals surface area contributed by atoms with Crippen LogP contribution >= 0.6 is 0 Å². The second-order valence-corrected chi connectivity index (χ2v) is 3.29. The smallest absolute Gasteiger partial charge is 0.162 e. The Bertz CT molecular complexity index is 274. The molecule has 0 rings (SSSR count). The van der Waals surface area contributed by atoms with Gasteiger partial charge in [-0.05, 0) is 19.0 Å². The maximum absolute atomic E-state index is 11.4. The second-order valence-electron chi connectivity index (χ2n) is 3.29. The number of carbonyl (C=O) groups is 1. The highest BCUT2D eigenvalue weighted by Gasteiger charge is 2.01. The monoisotopic (exact) mass is 207 g/mol. The van der Waals surface area contributed by atoms with Crippen molar-refractivity contribution >= 4 is 5.78 Å². The number of nitrogens with one attached hydrogen (secondary N) is 1. The van der Waals surface area contributed by atoms with E-state index in [9.17, 15) is 4.79 Å². The first-order valence-corrected chi connectivity index (χ1v) is 5.41. The fourth-order valence-corrected chi connectivity index (χ4v) is 1.11. The molecule has 0 aliphatic heterocycles. The predicted molar refractivity (Wildman–Crippen MR) is 65.9 cm³/mol. The average molecular weight is 207 g/mol. The van der Waals surface area contributed by atoms with Crippen LogP contribution in [0.4, 0.5) is 0 Å². The standard InChI is InChI=1S/C13H21NO/c1-5-12(13(15)6-2)9-8-11(4)10-14-7-3/h5,8-9,14H,4,6-7,10H2,1-3H3/b9-8-,12-5+. The van der Waals surface area contributed by atoms with Gasteiger partial charge in [-0.2, -0.15) is 0 Å². The van der Waals surface area contributed by atoms with Gasteiger partial charge in [0.2, 0.25) is 0 Å². The molecule has 0 amide bonds. The van der Waals surface area contributed by atoms with Crippen LogP contribution in [0.1, 0.15) is 27.2 Å². The Morgan fingerprint density at radius 2 is 2.00 bits per heavy atom. The van der Waals surface area contributed by atoms with E-state index in [1.165, 1.54) is 0 Å². The van der Waals surface area contributed by atoms with Gasteiger partial charge >= 0.3 is 0 Å². The van der Waals surface area contributed by atoms with Gasteiger partial charge in [0, 0.05) is 18.5 Å². The first kappa shape index (κ1) is 13.8. The van der Waals surface area contributed by atoms with E-state index >= 15 is 0 Å². The topological polar surface area (TPSA) is 29.1 Å². The molecular formula is C13H21NO. The molecule has 0 spiro atoms. The maximum Gasteiger partial charge on any atom is 0.162 e. The average Bonchev–Trinajstić information content (AvgIpc) is 2.26. The van der Waals surface area contributed by atoms with Crippen LogP contribution in [-0.2, 0) is 4.79 Å². The summed E-state index contributed by atoms with van der Waals surface area (Å²) in [5.41, 5.74) is 1.75. The van der Waals surface area contributed by atoms with E-state index in [-0.39, 0.29) is 5.78 Å². The number of allylic oxidation sites excluding steroid dienone is 3. The highest BCUT2D eigenvalue weighted by Crippen LogP contribution is 2.04. The molecule has 0 fully saturated rings. The normalized spacial score (nSPS) is 12.1. The Labute approximate surface area is 92.8 Å². The molecule has 0 saturated heterocycles. The number of ketones is 1. The highest BCUT2D eigenvalue weighted by molar-refractivity contribution is 5.97. The van der Waals surface area contributed by atoms with Gasteiger partial charge in [-0.15, -0.1) is 0 Å². The third-order valence-corrected chi connectivity index (χ3v) is 2.05. The minimum Gasteiger partial charge on any atom is -0.313 e. The van der Waals surface area contributed by atoms with E-state index in [0.717, 1.165) is 24.2 Å². The minimum absolute atomic E-state index is 0.171. The van der Waals surface area contributed by atoms with Crippen LogP contribution < -0.4 is 5.32 Å². The van der Waals surface area contributed by atoms with Gasteiger partial charge in [-0.1, -0.05) is 38.7 Å². The lowest BCUT2D eigenvalue weighted by Gasteiger charge is -2.01. The van der Waals surface area contributed by atoms with Crippen LogP contribution in [0.5, 0.6) is 0 Å². The van der Waals surface area contributed by atoms with Gasteiger partial charge in [0.1, 0.15) is 0 Å². The van der Waals surface area contributed by atoms with Crippen molar-refractivity contribution in [3.8, 4) is 0 Å². The lowest BCUT2D eigenvalue weighted by molar-refractivity contribution is -0.115. The van der Waals surface area contributed by atoms with E-state index in [1.54, 1.807) is 0 Å². The Balaban J connectivity index is 4.24. The lowest BCUT2D eigenvalue weighted by atomic mass is 10.1. The second kappa shape index (κ2) is 8.18. The number of hydrogen-bond donors (Lipinski definition) is 1. The van der Waals surface area contributed by atoms with Gasteiger partial charge in [-0.3, -0.25) is 4.79 Å². The summed E-state index contributed by atoms with van der Waals surface area (Å²) < 4.78 is 0. The number of hydrogen-bond acceptors (Lipinski definition) is 2. The summed E-state index contributed by atoms with van der Waals surface area (Å²) in [6.07, 6.45) is 6.11. The van der Waals surface area contributed by atoms with Crippen LogP contribution in [-0.4, -0.2) is 18.9 Å². The predicted octanol–water partition coefficient (Wildman–Crippen LogP) is 2.63. The summed E-state index contributed by atoms with van der Waals surface area (Å²) in [5, 5.41) is 3.18. The van der Waals surface area contributed by atoms with E-state index in [0.29, 0.717) is 6.42 Å². The molecule has 0 aromatic carbocycles. The van der Waals surface area contributed by atoms with Crippen molar-refractivity contribution < 1.29 is 4.79 Å². The SMILES string of the molecule is C=C(/C=C\C(=C/C)C(=O)CC)CNCC. The minimum atomic E-state index is 0.171. The van der Waals surface area contributed by atoms with E-state index < -0.39 is 0 Å². The molecule has 2 nitrogen and oxygen atoms in total. The third kappa shape index (κ3) is 6.02. The fourth-order valence-electron chi connectivity index (χ4n) is 1.11. The van der Waals surface area contributed by atoms with Crippen LogP contribution in [0, 0.1) is 0 Å².